The van der Waals surface area contributed by atoms with E-state index in [4.69, 9.17) is 47.0 Å². The molecule has 4 aromatic rings. The molecule has 0 radical (unpaired) electrons. The maximum atomic E-state index is 13.2. The Balaban J connectivity index is 1.43. The highest BCUT2D eigenvalue weighted by atomic mass is 35.5. The normalized spacial score (nSPS) is 11.0. The van der Waals surface area contributed by atoms with Gasteiger partial charge in [-0.15, -0.1) is 0 Å². The van der Waals surface area contributed by atoms with Crippen molar-refractivity contribution in [2.45, 2.75) is 26.9 Å². The first kappa shape index (κ1) is 24.5. The molecule has 2 heterocycles. The number of hydrogen-bond donors (Lipinski definition) is 2. The summed E-state index contributed by atoms with van der Waals surface area (Å²) in [5, 5.41) is 17.0. The molecule has 2 N–H and O–H groups in total. The lowest BCUT2D eigenvalue weighted by Crippen LogP contribution is -2.20. The van der Waals surface area contributed by atoms with E-state index in [0.717, 1.165) is 28.2 Å². The summed E-state index contributed by atoms with van der Waals surface area (Å²) < 4.78 is 16.7. The van der Waals surface area contributed by atoms with Crippen LogP contribution in [0.2, 0.25) is 15.1 Å². The molecule has 0 aliphatic carbocycles. The standard InChI is InChI=1S/C23H20Cl3FN6S/c1-13-21(14(2)33(30-13)11-15-3-6-17(27)7-4-15)28-23(34)29-22-20(26)12-32(31-22)10-16-5-8-18(24)19(25)9-16/h3-9,12H,10-11H2,1-2H3,(H2,28,29,31,34). The number of halogens is 4. The number of aryl methyl sites for hydroxylation is 1. The van der Waals surface area contributed by atoms with Crippen molar-refractivity contribution in [3.05, 3.63) is 92.1 Å². The van der Waals surface area contributed by atoms with Crippen LogP contribution < -0.4 is 10.6 Å². The van der Waals surface area contributed by atoms with E-state index < -0.39 is 0 Å². The Morgan fingerprint density at radius 2 is 1.62 bits per heavy atom. The smallest absolute Gasteiger partial charge is 0.176 e. The Kier molecular flexibility index (Phi) is 7.42. The third-order valence-corrected chi connectivity index (χ3v) is 6.36. The molecule has 34 heavy (non-hydrogen) atoms. The van der Waals surface area contributed by atoms with Gasteiger partial charge in [-0.25, -0.2) is 4.39 Å². The van der Waals surface area contributed by atoms with Crippen LogP contribution in [0.15, 0.2) is 48.7 Å². The number of thiocarbonyl (C=S) groups is 1. The van der Waals surface area contributed by atoms with Gasteiger partial charge >= 0.3 is 0 Å². The van der Waals surface area contributed by atoms with E-state index in [1.807, 2.05) is 24.6 Å². The molecule has 0 spiro atoms. The molecule has 0 aliphatic heterocycles. The monoisotopic (exact) mass is 536 g/mol. The van der Waals surface area contributed by atoms with Crippen LogP contribution in [-0.2, 0) is 13.1 Å². The molecule has 0 aliphatic rings. The van der Waals surface area contributed by atoms with Crippen molar-refractivity contribution in [2.75, 3.05) is 10.6 Å². The SMILES string of the molecule is Cc1nn(Cc2ccc(F)cc2)c(C)c1NC(=S)Nc1nn(Cc2ccc(Cl)c(Cl)c2)cc1Cl. The molecule has 0 amide bonds. The van der Waals surface area contributed by atoms with E-state index in [1.54, 1.807) is 35.1 Å². The largest absolute Gasteiger partial charge is 0.329 e. The molecule has 2 aromatic carbocycles. The highest BCUT2D eigenvalue weighted by Gasteiger charge is 2.15. The summed E-state index contributed by atoms with van der Waals surface area (Å²) in [5.41, 5.74) is 4.33. The Morgan fingerprint density at radius 1 is 0.912 bits per heavy atom. The highest BCUT2D eigenvalue weighted by Crippen LogP contribution is 2.25. The third-order valence-electron chi connectivity index (χ3n) is 5.14. The number of nitrogens with zero attached hydrogens (tertiary/aromatic N) is 4. The maximum absolute atomic E-state index is 13.2. The van der Waals surface area contributed by atoms with Crippen molar-refractivity contribution in [1.29, 1.82) is 0 Å². The number of aromatic nitrogens is 4. The van der Waals surface area contributed by atoms with Crippen LogP contribution in [0, 0.1) is 19.7 Å². The molecule has 0 unspecified atom stereocenters. The number of rotatable bonds is 6. The Bertz CT molecular complexity index is 1350. The average Bonchev–Trinajstić information content (AvgIpc) is 3.25. The summed E-state index contributed by atoms with van der Waals surface area (Å²) in [5.74, 6) is 0.155. The minimum Gasteiger partial charge on any atom is -0.329 e. The fourth-order valence-corrected chi connectivity index (χ4v) is 4.15. The highest BCUT2D eigenvalue weighted by molar-refractivity contribution is 7.80. The van der Waals surface area contributed by atoms with Gasteiger partial charge in [0.25, 0.3) is 0 Å². The Morgan fingerprint density at radius 3 is 2.32 bits per heavy atom. The van der Waals surface area contributed by atoms with Crippen LogP contribution in [0.4, 0.5) is 15.9 Å². The summed E-state index contributed by atoms with van der Waals surface area (Å²) in [7, 11) is 0. The summed E-state index contributed by atoms with van der Waals surface area (Å²) >= 11 is 23.9. The lowest BCUT2D eigenvalue weighted by atomic mass is 10.2. The van der Waals surface area contributed by atoms with Crippen LogP contribution >= 0.6 is 47.0 Å². The van der Waals surface area contributed by atoms with Gasteiger partial charge in [-0.1, -0.05) is 53.0 Å². The van der Waals surface area contributed by atoms with E-state index in [9.17, 15) is 4.39 Å². The third kappa shape index (κ3) is 5.70. The zero-order valence-electron chi connectivity index (χ0n) is 18.2. The van der Waals surface area contributed by atoms with Crippen LogP contribution in [0.25, 0.3) is 0 Å². The molecule has 0 saturated carbocycles. The fraction of sp³-hybridized carbons (Fsp3) is 0.174. The second kappa shape index (κ2) is 10.3. The van der Waals surface area contributed by atoms with Gasteiger partial charge in [0.15, 0.2) is 10.9 Å². The van der Waals surface area contributed by atoms with Gasteiger partial charge in [0.2, 0.25) is 0 Å². The van der Waals surface area contributed by atoms with Gasteiger partial charge in [0, 0.05) is 6.20 Å². The minimum atomic E-state index is -0.269. The molecule has 0 fully saturated rings. The minimum absolute atomic E-state index is 0.269. The van der Waals surface area contributed by atoms with E-state index in [0.29, 0.717) is 39.1 Å². The first-order valence-electron chi connectivity index (χ1n) is 10.2. The van der Waals surface area contributed by atoms with Crippen LogP contribution in [0.1, 0.15) is 22.5 Å². The lowest BCUT2D eigenvalue weighted by molar-refractivity contribution is 0.622. The molecule has 0 atom stereocenters. The predicted molar refractivity (Wildman–Crippen MR) is 140 cm³/mol. The van der Waals surface area contributed by atoms with Gasteiger partial charge in [-0.3, -0.25) is 9.36 Å². The second-order valence-electron chi connectivity index (χ2n) is 7.68. The molecular weight excluding hydrogens is 518 g/mol. The number of anilines is 2. The molecule has 0 saturated heterocycles. The summed E-state index contributed by atoms with van der Waals surface area (Å²) in [6.45, 7) is 4.80. The van der Waals surface area contributed by atoms with Crippen molar-refractivity contribution < 1.29 is 4.39 Å². The van der Waals surface area contributed by atoms with E-state index in [2.05, 4.69) is 20.8 Å². The van der Waals surface area contributed by atoms with Crippen LogP contribution in [0.3, 0.4) is 0 Å². The number of nitrogens with one attached hydrogen (secondary N) is 2. The van der Waals surface area contributed by atoms with Gasteiger partial charge < -0.3 is 10.6 Å². The van der Waals surface area contributed by atoms with E-state index >= 15 is 0 Å². The molecule has 6 nitrogen and oxygen atoms in total. The number of hydrogen-bond acceptors (Lipinski definition) is 3. The first-order chi connectivity index (χ1) is 16.2. The zero-order chi connectivity index (χ0) is 24.4. The van der Waals surface area contributed by atoms with Gasteiger partial charge in [0.05, 0.1) is 40.2 Å². The average molecular weight is 538 g/mol. The predicted octanol–water partition coefficient (Wildman–Crippen LogP) is 6.70. The Hall–Kier alpha value is -2.65. The number of benzene rings is 2. The van der Waals surface area contributed by atoms with Gasteiger partial charge in [0.1, 0.15) is 10.8 Å². The van der Waals surface area contributed by atoms with E-state index in [-0.39, 0.29) is 5.82 Å². The van der Waals surface area contributed by atoms with Crippen LogP contribution in [-0.4, -0.2) is 24.7 Å². The van der Waals surface area contributed by atoms with Crippen molar-refractivity contribution in [1.82, 2.24) is 19.6 Å². The summed E-state index contributed by atoms with van der Waals surface area (Å²) in [6, 6.07) is 11.7. The maximum Gasteiger partial charge on any atom is 0.176 e. The molecule has 0 bridgehead atoms. The molecule has 2 aromatic heterocycles. The Labute approximate surface area is 216 Å². The van der Waals surface area contributed by atoms with Crippen molar-refractivity contribution in [3.63, 3.8) is 0 Å². The molecule has 176 valence electrons. The first-order valence-corrected chi connectivity index (χ1v) is 11.8. The summed E-state index contributed by atoms with van der Waals surface area (Å²) in [4.78, 5) is 0. The van der Waals surface area contributed by atoms with E-state index in [1.165, 1.54) is 12.1 Å². The quantitative estimate of drug-likeness (QED) is 0.268. The van der Waals surface area contributed by atoms with Crippen LogP contribution in [0.5, 0.6) is 0 Å². The molecule has 4 rings (SSSR count). The molecular formula is C23H20Cl3FN6S. The lowest BCUT2D eigenvalue weighted by Gasteiger charge is -2.10. The van der Waals surface area contributed by atoms with Crippen molar-refractivity contribution >= 4 is 63.6 Å². The molecule has 11 heteroatoms. The zero-order valence-corrected chi connectivity index (χ0v) is 21.3. The fourth-order valence-electron chi connectivity index (χ4n) is 3.43. The second-order valence-corrected chi connectivity index (χ2v) is 9.31. The van der Waals surface area contributed by atoms with Crippen molar-refractivity contribution in [3.8, 4) is 0 Å². The van der Waals surface area contributed by atoms with Crippen molar-refractivity contribution in [2.24, 2.45) is 0 Å². The summed E-state index contributed by atoms with van der Waals surface area (Å²) in [6.07, 6.45) is 1.70. The van der Waals surface area contributed by atoms with Gasteiger partial charge in [-0.05, 0) is 61.5 Å². The van der Waals surface area contributed by atoms with Gasteiger partial charge in [-0.2, -0.15) is 10.2 Å². The topological polar surface area (TPSA) is 59.7 Å².